The van der Waals surface area contributed by atoms with Gasteiger partial charge in [-0.1, -0.05) is 39.7 Å². The van der Waals surface area contributed by atoms with Crippen LogP contribution in [0.15, 0.2) is 34.3 Å². The smallest absolute Gasteiger partial charge is 0.0175 e. The van der Waals surface area contributed by atoms with Crippen molar-refractivity contribution >= 4 is 22.0 Å². The van der Waals surface area contributed by atoms with E-state index in [9.17, 15) is 0 Å². The molecule has 0 amide bonds. The van der Waals surface area contributed by atoms with Gasteiger partial charge in [-0.15, -0.1) is 0 Å². The first-order valence-electron chi connectivity index (χ1n) is 5.00. The van der Waals surface area contributed by atoms with E-state index in [1.165, 1.54) is 24.0 Å². The van der Waals surface area contributed by atoms with Gasteiger partial charge >= 0.3 is 0 Å². The quantitative estimate of drug-likeness (QED) is 0.809. The van der Waals surface area contributed by atoms with Crippen molar-refractivity contribution in [3.63, 3.8) is 0 Å². The lowest BCUT2D eigenvalue weighted by Gasteiger charge is -2.15. The number of piperidine rings is 1. The molecule has 1 aliphatic heterocycles. The second-order valence-electron chi connectivity index (χ2n) is 3.63. The van der Waals surface area contributed by atoms with E-state index in [2.05, 4.69) is 51.6 Å². The maximum Gasteiger partial charge on any atom is 0.0175 e. The largest absolute Gasteiger partial charge is 0.313 e. The van der Waals surface area contributed by atoms with Crippen LogP contribution in [0.3, 0.4) is 0 Å². The Morgan fingerprint density at radius 1 is 1.21 bits per heavy atom. The minimum atomic E-state index is 1.05. The molecule has 1 nitrogen and oxygen atoms in total. The van der Waals surface area contributed by atoms with Crippen LogP contribution in [-0.2, 0) is 0 Å². The third-order valence-corrected chi connectivity index (χ3v) is 2.97. The van der Waals surface area contributed by atoms with Gasteiger partial charge in [-0.3, -0.25) is 0 Å². The molecular weight excluding hydrogens is 238 g/mol. The van der Waals surface area contributed by atoms with Crippen molar-refractivity contribution in [1.82, 2.24) is 5.32 Å². The number of hydrogen-bond acceptors (Lipinski definition) is 1. The van der Waals surface area contributed by atoms with Crippen LogP contribution in [0.4, 0.5) is 0 Å². The molecule has 1 N–H and O–H groups in total. The van der Waals surface area contributed by atoms with Crippen LogP contribution in [0.25, 0.3) is 6.08 Å². The summed E-state index contributed by atoms with van der Waals surface area (Å²) in [5, 5.41) is 3.39. The Morgan fingerprint density at radius 3 is 2.64 bits per heavy atom. The first-order valence-corrected chi connectivity index (χ1v) is 5.79. The average molecular weight is 252 g/mol. The van der Waals surface area contributed by atoms with E-state index >= 15 is 0 Å². The van der Waals surface area contributed by atoms with Gasteiger partial charge in [0.15, 0.2) is 0 Å². The fraction of sp³-hybridized carbons (Fsp3) is 0.333. The predicted molar refractivity (Wildman–Crippen MR) is 64.2 cm³/mol. The molecule has 0 unspecified atom stereocenters. The molecule has 74 valence electrons. The van der Waals surface area contributed by atoms with Crippen LogP contribution >= 0.6 is 15.9 Å². The van der Waals surface area contributed by atoms with Gasteiger partial charge in [0.05, 0.1) is 0 Å². The zero-order valence-electron chi connectivity index (χ0n) is 8.09. The fourth-order valence-electron chi connectivity index (χ4n) is 1.70. The highest BCUT2D eigenvalue weighted by molar-refractivity contribution is 9.10. The summed E-state index contributed by atoms with van der Waals surface area (Å²) >= 11 is 3.44. The summed E-state index contributed by atoms with van der Waals surface area (Å²) in [6, 6.07) is 8.46. The molecule has 1 heterocycles. The normalized spacial score (nSPS) is 19.9. The predicted octanol–water partition coefficient (Wildman–Crippen LogP) is 3.22. The van der Waals surface area contributed by atoms with Crippen molar-refractivity contribution in [3.05, 3.63) is 39.9 Å². The van der Waals surface area contributed by atoms with Gasteiger partial charge in [0.2, 0.25) is 0 Å². The Labute approximate surface area is 93.3 Å². The minimum Gasteiger partial charge on any atom is -0.313 e. The van der Waals surface area contributed by atoms with Gasteiger partial charge < -0.3 is 5.32 Å². The summed E-state index contributed by atoms with van der Waals surface area (Å²) in [5.74, 6) is 0. The van der Waals surface area contributed by atoms with Crippen molar-refractivity contribution in [2.75, 3.05) is 13.1 Å². The van der Waals surface area contributed by atoms with Crippen LogP contribution < -0.4 is 5.32 Å². The SMILES string of the molecule is Brc1ccc(C=C2CCCNC2)cc1. The van der Waals surface area contributed by atoms with Gasteiger partial charge in [0, 0.05) is 11.0 Å². The summed E-state index contributed by atoms with van der Waals surface area (Å²) < 4.78 is 1.14. The summed E-state index contributed by atoms with van der Waals surface area (Å²) in [6.07, 6.45) is 4.80. The van der Waals surface area contributed by atoms with Gasteiger partial charge in [-0.05, 0) is 37.1 Å². The second-order valence-corrected chi connectivity index (χ2v) is 4.55. The molecular formula is C12H14BrN. The molecule has 0 radical (unpaired) electrons. The first-order chi connectivity index (χ1) is 6.84. The third-order valence-electron chi connectivity index (χ3n) is 2.44. The highest BCUT2D eigenvalue weighted by Gasteiger charge is 2.03. The highest BCUT2D eigenvalue weighted by Crippen LogP contribution is 2.16. The molecule has 1 aromatic carbocycles. The van der Waals surface area contributed by atoms with Gasteiger partial charge in [-0.2, -0.15) is 0 Å². The highest BCUT2D eigenvalue weighted by atomic mass is 79.9. The van der Waals surface area contributed by atoms with Gasteiger partial charge in [0.25, 0.3) is 0 Å². The van der Waals surface area contributed by atoms with Crippen LogP contribution in [0.5, 0.6) is 0 Å². The topological polar surface area (TPSA) is 12.0 Å². The number of benzene rings is 1. The van der Waals surface area contributed by atoms with Gasteiger partial charge in [-0.25, -0.2) is 0 Å². The summed E-state index contributed by atoms with van der Waals surface area (Å²) in [4.78, 5) is 0. The standard InChI is InChI=1S/C12H14BrN/c13-12-5-3-10(4-6-12)8-11-2-1-7-14-9-11/h3-6,8,14H,1-2,7,9H2. The zero-order valence-corrected chi connectivity index (χ0v) is 9.68. The van der Waals surface area contributed by atoms with Crippen molar-refractivity contribution < 1.29 is 0 Å². The molecule has 0 aliphatic carbocycles. The van der Waals surface area contributed by atoms with Crippen LogP contribution in [0.2, 0.25) is 0 Å². The molecule has 0 saturated carbocycles. The number of hydrogen-bond donors (Lipinski definition) is 1. The number of halogens is 1. The molecule has 0 spiro atoms. The first kappa shape index (κ1) is 9.94. The van der Waals surface area contributed by atoms with E-state index < -0.39 is 0 Å². The lowest BCUT2D eigenvalue weighted by atomic mass is 10.0. The Bertz CT molecular complexity index is 319. The monoisotopic (exact) mass is 251 g/mol. The molecule has 0 aromatic heterocycles. The summed E-state index contributed by atoms with van der Waals surface area (Å²) in [6.45, 7) is 2.22. The Hall–Kier alpha value is -0.600. The molecule has 1 fully saturated rings. The van der Waals surface area contributed by atoms with E-state index in [-0.39, 0.29) is 0 Å². The van der Waals surface area contributed by atoms with E-state index in [0.29, 0.717) is 0 Å². The third kappa shape index (κ3) is 2.69. The molecule has 0 bridgehead atoms. The maximum atomic E-state index is 3.44. The number of rotatable bonds is 1. The molecule has 2 rings (SSSR count). The zero-order chi connectivity index (χ0) is 9.80. The minimum absolute atomic E-state index is 1.05. The van der Waals surface area contributed by atoms with Crippen molar-refractivity contribution in [1.29, 1.82) is 0 Å². The molecule has 1 saturated heterocycles. The molecule has 14 heavy (non-hydrogen) atoms. The fourth-order valence-corrected chi connectivity index (χ4v) is 1.96. The van der Waals surface area contributed by atoms with Crippen molar-refractivity contribution in [2.24, 2.45) is 0 Å². The van der Waals surface area contributed by atoms with Crippen LogP contribution in [0.1, 0.15) is 18.4 Å². The Kier molecular flexibility index (Phi) is 3.38. The van der Waals surface area contributed by atoms with Gasteiger partial charge in [0.1, 0.15) is 0 Å². The van der Waals surface area contributed by atoms with Crippen molar-refractivity contribution in [3.8, 4) is 0 Å². The van der Waals surface area contributed by atoms with E-state index in [1.807, 2.05) is 0 Å². The molecule has 1 aromatic rings. The lowest BCUT2D eigenvalue weighted by molar-refractivity contribution is 0.613. The maximum absolute atomic E-state index is 3.44. The Morgan fingerprint density at radius 2 is 2.00 bits per heavy atom. The summed E-state index contributed by atoms with van der Waals surface area (Å²) in [5.41, 5.74) is 2.81. The number of nitrogens with one attached hydrogen (secondary N) is 1. The lowest BCUT2D eigenvalue weighted by Crippen LogP contribution is -2.23. The average Bonchev–Trinajstić information content (AvgIpc) is 2.23. The van der Waals surface area contributed by atoms with Crippen molar-refractivity contribution in [2.45, 2.75) is 12.8 Å². The molecule has 2 heteroatoms. The van der Waals surface area contributed by atoms with E-state index in [0.717, 1.165) is 17.6 Å². The Balaban J connectivity index is 2.11. The van der Waals surface area contributed by atoms with Crippen LogP contribution in [-0.4, -0.2) is 13.1 Å². The van der Waals surface area contributed by atoms with E-state index in [1.54, 1.807) is 0 Å². The molecule has 1 aliphatic rings. The van der Waals surface area contributed by atoms with Crippen LogP contribution in [0, 0.1) is 0 Å². The summed E-state index contributed by atoms with van der Waals surface area (Å²) in [7, 11) is 0. The molecule has 0 atom stereocenters. The van der Waals surface area contributed by atoms with E-state index in [4.69, 9.17) is 0 Å². The second kappa shape index (κ2) is 4.76.